The first-order valence-corrected chi connectivity index (χ1v) is 6.34. The highest BCUT2D eigenvalue weighted by Gasteiger charge is 2.40. The number of methoxy groups -OCH3 is 1. The number of anilines is 2. The number of nitrogens with two attached hydrogens (primary N) is 1. The van der Waals surface area contributed by atoms with Crippen LogP contribution in [0.3, 0.4) is 0 Å². The topological polar surface area (TPSA) is 58.8 Å². The second-order valence-corrected chi connectivity index (χ2v) is 5.40. The van der Waals surface area contributed by atoms with E-state index in [0.29, 0.717) is 18.0 Å². The summed E-state index contributed by atoms with van der Waals surface area (Å²) in [6, 6.07) is 5.56. The Morgan fingerprint density at radius 1 is 1.26 bits per heavy atom. The molecule has 0 aliphatic carbocycles. The van der Waals surface area contributed by atoms with Gasteiger partial charge in [0.15, 0.2) is 0 Å². The third-order valence-corrected chi connectivity index (χ3v) is 3.66. The minimum absolute atomic E-state index is 0.111. The molecule has 2 N–H and O–H groups in total. The van der Waals surface area contributed by atoms with Gasteiger partial charge in [-0.2, -0.15) is 0 Å². The molecular weight excluding hydrogens is 242 g/mol. The molecule has 1 amide bonds. The summed E-state index contributed by atoms with van der Waals surface area (Å²) in [6.45, 7) is 5.35. The van der Waals surface area contributed by atoms with E-state index in [-0.39, 0.29) is 5.91 Å². The van der Waals surface area contributed by atoms with E-state index in [0.717, 1.165) is 12.2 Å². The maximum atomic E-state index is 12.3. The Bertz CT molecular complexity index is 499. The number of nitrogen functional groups attached to an aromatic ring is 1. The Kier molecular flexibility index (Phi) is 3.30. The molecule has 1 fully saturated rings. The summed E-state index contributed by atoms with van der Waals surface area (Å²) in [6.07, 6.45) is 0. The average molecular weight is 263 g/mol. The number of ether oxygens (including phenoxy) is 1. The van der Waals surface area contributed by atoms with Gasteiger partial charge in [-0.1, -0.05) is 0 Å². The molecule has 19 heavy (non-hydrogen) atoms. The quantitative estimate of drug-likeness (QED) is 0.818. The van der Waals surface area contributed by atoms with Gasteiger partial charge >= 0.3 is 0 Å². The summed E-state index contributed by atoms with van der Waals surface area (Å²) in [4.78, 5) is 16.1. The van der Waals surface area contributed by atoms with Gasteiger partial charge in [-0.3, -0.25) is 4.79 Å². The van der Waals surface area contributed by atoms with Gasteiger partial charge in [-0.25, -0.2) is 0 Å². The predicted octanol–water partition coefficient (Wildman–Crippen LogP) is 1.33. The lowest BCUT2D eigenvalue weighted by molar-refractivity contribution is -0.136. The molecule has 1 aliphatic heterocycles. The average Bonchev–Trinajstić information content (AvgIpc) is 2.35. The van der Waals surface area contributed by atoms with E-state index in [1.54, 1.807) is 18.1 Å². The van der Waals surface area contributed by atoms with Crippen molar-refractivity contribution in [2.24, 2.45) is 0 Å². The van der Waals surface area contributed by atoms with E-state index in [1.165, 1.54) is 0 Å². The van der Waals surface area contributed by atoms with Crippen LogP contribution in [0.15, 0.2) is 18.2 Å². The van der Waals surface area contributed by atoms with Crippen molar-refractivity contribution >= 4 is 17.3 Å². The number of piperazine rings is 1. The van der Waals surface area contributed by atoms with Crippen molar-refractivity contribution in [3.8, 4) is 5.75 Å². The largest absolute Gasteiger partial charge is 0.497 e. The van der Waals surface area contributed by atoms with Gasteiger partial charge in [-0.15, -0.1) is 0 Å². The van der Waals surface area contributed by atoms with Gasteiger partial charge in [-0.05, 0) is 19.9 Å². The summed E-state index contributed by atoms with van der Waals surface area (Å²) in [5.74, 6) is 0.817. The van der Waals surface area contributed by atoms with Crippen molar-refractivity contribution in [3.05, 3.63) is 18.2 Å². The molecule has 2 rings (SSSR count). The van der Waals surface area contributed by atoms with E-state index in [4.69, 9.17) is 10.5 Å². The Morgan fingerprint density at radius 3 is 2.58 bits per heavy atom. The van der Waals surface area contributed by atoms with Gasteiger partial charge in [0.1, 0.15) is 11.3 Å². The van der Waals surface area contributed by atoms with E-state index < -0.39 is 5.54 Å². The summed E-state index contributed by atoms with van der Waals surface area (Å²) < 4.78 is 5.24. The summed E-state index contributed by atoms with van der Waals surface area (Å²) in [7, 11) is 3.44. The van der Waals surface area contributed by atoms with Crippen molar-refractivity contribution in [1.82, 2.24) is 4.90 Å². The molecule has 1 aromatic carbocycles. The number of hydrogen-bond acceptors (Lipinski definition) is 4. The van der Waals surface area contributed by atoms with Gasteiger partial charge in [0.25, 0.3) is 0 Å². The number of rotatable bonds is 2. The second-order valence-electron chi connectivity index (χ2n) is 5.40. The van der Waals surface area contributed by atoms with Crippen LogP contribution in [-0.4, -0.2) is 43.6 Å². The molecule has 1 aromatic rings. The number of carbonyl (C=O) groups excluding carboxylic acids is 1. The van der Waals surface area contributed by atoms with Crippen LogP contribution in [0.5, 0.6) is 5.75 Å². The van der Waals surface area contributed by atoms with Crippen LogP contribution in [0.4, 0.5) is 11.4 Å². The third kappa shape index (κ3) is 2.32. The van der Waals surface area contributed by atoms with E-state index >= 15 is 0 Å². The minimum Gasteiger partial charge on any atom is -0.497 e. The van der Waals surface area contributed by atoms with Crippen molar-refractivity contribution in [2.45, 2.75) is 19.4 Å². The Hall–Kier alpha value is -1.91. The molecule has 1 aliphatic rings. The maximum absolute atomic E-state index is 12.3. The summed E-state index contributed by atoms with van der Waals surface area (Å²) in [5.41, 5.74) is 6.87. The first-order valence-electron chi connectivity index (χ1n) is 6.34. The number of amides is 1. The Morgan fingerprint density at radius 2 is 1.95 bits per heavy atom. The fraction of sp³-hybridized carbons (Fsp3) is 0.500. The Balaban J connectivity index is 2.41. The molecule has 0 radical (unpaired) electrons. The van der Waals surface area contributed by atoms with E-state index in [9.17, 15) is 4.79 Å². The zero-order valence-electron chi connectivity index (χ0n) is 11.9. The smallest absolute Gasteiger partial charge is 0.247 e. The minimum atomic E-state index is -0.578. The van der Waals surface area contributed by atoms with E-state index in [2.05, 4.69) is 4.90 Å². The lowest BCUT2D eigenvalue weighted by atomic mass is 9.96. The molecule has 1 saturated heterocycles. The molecule has 0 atom stereocenters. The fourth-order valence-corrected chi connectivity index (χ4v) is 2.54. The van der Waals surface area contributed by atoms with Crippen LogP contribution in [0, 0.1) is 0 Å². The highest BCUT2D eigenvalue weighted by molar-refractivity contribution is 5.90. The number of carbonyl (C=O) groups is 1. The first-order chi connectivity index (χ1) is 8.86. The van der Waals surface area contributed by atoms with Gasteiger partial charge in [0.2, 0.25) is 5.91 Å². The lowest BCUT2D eigenvalue weighted by Crippen LogP contribution is -2.62. The molecule has 5 nitrogen and oxygen atoms in total. The molecule has 0 unspecified atom stereocenters. The monoisotopic (exact) mass is 263 g/mol. The number of likely N-dealkylation sites (N-methyl/N-ethyl adjacent to an activating group) is 1. The third-order valence-electron chi connectivity index (χ3n) is 3.66. The Labute approximate surface area is 113 Å². The molecule has 0 saturated carbocycles. The molecule has 0 aromatic heterocycles. The van der Waals surface area contributed by atoms with Crippen LogP contribution in [-0.2, 0) is 4.79 Å². The standard InChI is InChI=1S/C14H21N3O2/c1-14(2)13(18)16(3)5-6-17(14)11-7-10(15)8-12(9-11)19-4/h7-9H,5-6,15H2,1-4H3. The van der Waals surface area contributed by atoms with Crippen molar-refractivity contribution < 1.29 is 9.53 Å². The molecule has 0 bridgehead atoms. The molecule has 1 heterocycles. The number of hydrogen-bond donors (Lipinski definition) is 1. The molecule has 5 heteroatoms. The lowest BCUT2D eigenvalue weighted by Gasteiger charge is -2.46. The molecule has 104 valence electrons. The van der Waals surface area contributed by atoms with Crippen molar-refractivity contribution in [1.29, 1.82) is 0 Å². The normalized spacial score (nSPS) is 18.6. The van der Waals surface area contributed by atoms with Crippen LogP contribution < -0.4 is 15.4 Å². The summed E-state index contributed by atoms with van der Waals surface area (Å²) >= 11 is 0. The zero-order chi connectivity index (χ0) is 14.2. The van der Waals surface area contributed by atoms with Crippen LogP contribution in [0.25, 0.3) is 0 Å². The van der Waals surface area contributed by atoms with Crippen molar-refractivity contribution in [2.75, 3.05) is 37.9 Å². The highest BCUT2D eigenvalue weighted by atomic mass is 16.5. The van der Waals surface area contributed by atoms with Crippen LogP contribution in [0.2, 0.25) is 0 Å². The SMILES string of the molecule is COc1cc(N)cc(N2CCN(C)C(=O)C2(C)C)c1. The van der Waals surface area contributed by atoms with Crippen LogP contribution >= 0.6 is 0 Å². The molecule has 0 spiro atoms. The fourth-order valence-electron chi connectivity index (χ4n) is 2.54. The number of benzene rings is 1. The molecular formula is C14H21N3O2. The summed E-state index contributed by atoms with van der Waals surface area (Å²) in [5, 5.41) is 0. The second kappa shape index (κ2) is 4.64. The zero-order valence-corrected chi connectivity index (χ0v) is 11.9. The highest BCUT2D eigenvalue weighted by Crippen LogP contribution is 2.32. The van der Waals surface area contributed by atoms with E-state index in [1.807, 2.05) is 33.0 Å². The van der Waals surface area contributed by atoms with Gasteiger partial charge in [0.05, 0.1) is 7.11 Å². The predicted molar refractivity (Wildman–Crippen MR) is 76.5 cm³/mol. The van der Waals surface area contributed by atoms with Crippen LogP contribution in [0.1, 0.15) is 13.8 Å². The maximum Gasteiger partial charge on any atom is 0.247 e. The number of nitrogens with zero attached hydrogens (tertiary/aromatic N) is 2. The van der Waals surface area contributed by atoms with Gasteiger partial charge < -0.3 is 20.3 Å². The van der Waals surface area contributed by atoms with Gasteiger partial charge in [0, 0.05) is 43.6 Å². The van der Waals surface area contributed by atoms with Crippen molar-refractivity contribution in [3.63, 3.8) is 0 Å². The first kappa shape index (κ1) is 13.5.